The predicted molar refractivity (Wildman–Crippen MR) is 86.9 cm³/mol. The van der Waals surface area contributed by atoms with Crippen molar-refractivity contribution in [2.24, 2.45) is 5.41 Å². The van der Waals surface area contributed by atoms with Crippen molar-refractivity contribution < 1.29 is 0 Å². The maximum absolute atomic E-state index is 6.05. The van der Waals surface area contributed by atoms with Crippen LogP contribution in [0.25, 0.3) is 10.2 Å². The zero-order chi connectivity index (χ0) is 14.2. The Hall–Kier alpha value is -0.870. The molecule has 2 heterocycles. The van der Waals surface area contributed by atoms with E-state index in [4.69, 9.17) is 11.6 Å². The largest absolute Gasteiger partial charge is 0.369 e. The monoisotopic (exact) mass is 309 g/mol. The van der Waals surface area contributed by atoms with E-state index in [0.29, 0.717) is 10.7 Å². The second-order valence-electron chi connectivity index (χ2n) is 6.00. The summed E-state index contributed by atoms with van der Waals surface area (Å²) in [6, 6.07) is 2.19. The third kappa shape index (κ3) is 2.77. The minimum absolute atomic E-state index is 0.334. The SMILES string of the molecule is CCc1cc2c(NCC3(C)CCCC3)nc(Cl)nc2s1. The Morgan fingerprint density at radius 2 is 2.10 bits per heavy atom. The highest BCUT2D eigenvalue weighted by atomic mass is 35.5. The molecule has 1 aliphatic carbocycles. The maximum Gasteiger partial charge on any atom is 0.225 e. The molecule has 0 aromatic carbocycles. The van der Waals surface area contributed by atoms with Gasteiger partial charge in [0.1, 0.15) is 10.6 Å². The Bertz CT molecular complexity index is 617. The van der Waals surface area contributed by atoms with Crippen LogP contribution in [0.2, 0.25) is 5.28 Å². The van der Waals surface area contributed by atoms with Crippen LogP contribution in [0.1, 0.15) is 44.4 Å². The van der Waals surface area contributed by atoms with Crippen LogP contribution in [-0.4, -0.2) is 16.5 Å². The molecule has 0 amide bonds. The van der Waals surface area contributed by atoms with E-state index in [1.807, 2.05) is 0 Å². The van der Waals surface area contributed by atoms with Gasteiger partial charge >= 0.3 is 0 Å². The first kappa shape index (κ1) is 14.1. The zero-order valence-electron chi connectivity index (χ0n) is 12.0. The Morgan fingerprint density at radius 3 is 2.80 bits per heavy atom. The van der Waals surface area contributed by atoms with E-state index in [1.165, 1.54) is 30.6 Å². The molecule has 1 saturated carbocycles. The standard InChI is InChI=1S/C15H20ClN3S/c1-3-10-8-11-12(18-14(16)19-13(11)20-10)17-9-15(2)6-4-5-7-15/h8H,3-7,9H2,1-2H3,(H,17,18,19). The van der Waals surface area contributed by atoms with Crippen molar-refractivity contribution in [1.29, 1.82) is 0 Å². The number of nitrogens with one attached hydrogen (secondary N) is 1. The molecule has 1 aliphatic rings. The summed E-state index contributed by atoms with van der Waals surface area (Å²) in [5, 5.41) is 4.96. The van der Waals surface area contributed by atoms with Gasteiger partial charge in [-0.2, -0.15) is 0 Å². The number of aromatic nitrogens is 2. The maximum atomic E-state index is 6.05. The van der Waals surface area contributed by atoms with Crippen LogP contribution >= 0.6 is 22.9 Å². The summed E-state index contributed by atoms with van der Waals surface area (Å²) in [6.07, 6.45) is 6.31. The van der Waals surface area contributed by atoms with Crippen LogP contribution in [0.3, 0.4) is 0 Å². The molecule has 3 nitrogen and oxygen atoms in total. The molecule has 1 N–H and O–H groups in total. The molecule has 1 fully saturated rings. The summed E-state index contributed by atoms with van der Waals surface area (Å²) in [5.41, 5.74) is 0.396. The average molecular weight is 310 g/mol. The third-order valence-corrected chi connectivity index (χ3v) is 5.60. The van der Waals surface area contributed by atoms with E-state index >= 15 is 0 Å². The fourth-order valence-corrected chi connectivity index (χ4v) is 4.14. The number of nitrogens with zero attached hydrogens (tertiary/aromatic N) is 2. The van der Waals surface area contributed by atoms with E-state index in [9.17, 15) is 0 Å². The van der Waals surface area contributed by atoms with Crippen LogP contribution in [-0.2, 0) is 6.42 Å². The molecule has 0 aliphatic heterocycles. The van der Waals surface area contributed by atoms with Gasteiger partial charge in [0, 0.05) is 11.4 Å². The number of anilines is 1. The Kier molecular flexibility index (Phi) is 3.87. The van der Waals surface area contributed by atoms with E-state index in [0.717, 1.165) is 29.0 Å². The van der Waals surface area contributed by atoms with Gasteiger partial charge < -0.3 is 5.32 Å². The summed E-state index contributed by atoms with van der Waals surface area (Å²) in [7, 11) is 0. The van der Waals surface area contributed by atoms with Crippen molar-refractivity contribution in [3.05, 3.63) is 16.2 Å². The van der Waals surface area contributed by atoms with Gasteiger partial charge in [0.25, 0.3) is 0 Å². The zero-order valence-corrected chi connectivity index (χ0v) is 13.6. The van der Waals surface area contributed by atoms with E-state index in [2.05, 4.69) is 35.2 Å². The molecule has 108 valence electrons. The summed E-state index contributed by atoms with van der Waals surface area (Å²) in [4.78, 5) is 11.0. The average Bonchev–Trinajstić information content (AvgIpc) is 3.02. The van der Waals surface area contributed by atoms with Crippen LogP contribution in [0.5, 0.6) is 0 Å². The van der Waals surface area contributed by atoms with Gasteiger partial charge in [-0.15, -0.1) is 11.3 Å². The number of fused-ring (bicyclic) bond motifs is 1. The lowest BCUT2D eigenvalue weighted by Gasteiger charge is -2.24. The minimum Gasteiger partial charge on any atom is -0.369 e. The summed E-state index contributed by atoms with van der Waals surface area (Å²) < 4.78 is 0. The van der Waals surface area contributed by atoms with Crippen LogP contribution in [0.4, 0.5) is 5.82 Å². The molecular weight excluding hydrogens is 290 g/mol. The van der Waals surface area contributed by atoms with Crippen molar-refractivity contribution in [2.45, 2.75) is 46.0 Å². The smallest absolute Gasteiger partial charge is 0.225 e. The molecule has 2 aromatic heterocycles. The fraction of sp³-hybridized carbons (Fsp3) is 0.600. The van der Waals surface area contributed by atoms with Crippen molar-refractivity contribution in [2.75, 3.05) is 11.9 Å². The van der Waals surface area contributed by atoms with E-state index in [-0.39, 0.29) is 0 Å². The third-order valence-electron chi connectivity index (χ3n) is 4.26. The predicted octanol–water partition coefficient (Wildman–Crippen LogP) is 4.90. The highest BCUT2D eigenvalue weighted by Crippen LogP contribution is 2.38. The minimum atomic E-state index is 0.334. The van der Waals surface area contributed by atoms with Gasteiger partial charge in [0.2, 0.25) is 5.28 Å². The molecule has 5 heteroatoms. The lowest BCUT2D eigenvalue weighted by atomic mass is 9.89. The van der Waals surface area contributed by atoms with Crippen molar-refractivity contribution in [3.8, 4) is 0 Å². The number of hydrogen-bond donors (Lipinski definition) is 1. The first-order valence-corrected chi connectivity index (χ1v) is 8.49. The topological polar surface area (TPSA) is 37.8 Å². The molecule has 0 radical (unpaired) electrons. The summed E-state index contributed by atoms with van der Waals surface area (Å²) >= 11 is 7.76. The van der Waals surface area contributed by atoms with E-state index < -0.39 is 0 Å². The molecule has 0 bridgehead atoms. The Morgan fingerprint density at radius 1 is 1.35 bits per heavy atom. The highest BCUT2D eigenvalue weighted by Gasteiger charge is 2.28. The van der Waals surface area contributed by atoms with Crippen molar-refractivity contribution >= 4 is 39.0 Å². The summed E-state index contributed by atoms with van der Waals surface area (Å²) in [5.74, 6) is 0.893. The summed E-state index contributed by atoms with van der Waals surface area (Å²) in [6.45, 7) is 5.48. The molecule has 2 aromatic rings. The molecule has 0 unspecified atom stereocenters. The second kappa shape index (κ2) is 5.49. The highest BCUT2D eigenvalue weighted by molar-refractivity contribution is 7.18. The van der Waals surface area contributed by atoms with Crippen molar-refractivity contribution in [1.82, 2.24) is 9.97 Å². The van der Waals surface area contributed by atoms with Gasteiger partial charge in [-0.25, -0.2) is 9.97 Å². The molecule has 0 saturated heterocycles. The number of thiophene rings is 1. The quantitative estimate of drug-likeness (QED) is 0.816. The molecule has 0 atom stereocenters. The first-order valence-electron chi connectivity index (χ1n) is 7.29. The van der Waals surface area contributed by atoms with E-state index in [1.54, 1.807) is 11.3 Å². The lowest BCUT2D eigenvalue weighted by molar-refractivity contribution is 0.362. The Labute approximate surface area is 128 Å². The number of halogens is 1. The molecule has 0 spiro atoms. The van der Waals surface area contributed by atoms with Crippen LogP contribution in [0.15, 0.2) is 6.07 Å². The van der Waals surface area contributed by atoms with Crippen LogP contribution < -0.4 is 5.32 Å². The first-order chi connectivity index (χ1) is 9.59. The fourth-order valence-electron chi connectivity index (χ4n) is 2.96. The number of rotatable bonds is 4. The Balaban J connectivity index is 1.88. The van der Waals surface area contributed by atoms with Gasteiger partial charge in [-0.3, -0.25) is 0 Å². The van der Waals surface area contributed by atoms with Gasteiger partial charge in [-0.1, -0.05) is 26.7 Å². The second-order valence-corrected chi connectivity index (χ2v) is 7.45. The van der Waals surface area contributed by atoms with Gasteiger partial charge in [0.05, 0.1) is 5.39 Å². The van der Waals surface area contributed by atoms with Gasteiger partial charge in [-0.05, 0) is 42.3 Å². The number of aryl methyl sites for hydroxylation is 1. The molecular formula is C15H20ClN3S. The van der Waals surface area contributed by atoms with Crippen molar-refractivity contribution in [3.63, 3.8) is 0 Å². The number of hydrogen-bond acceptors (Lipinski definition) is 4. The molecule has 20 heavy (non-hydrogen) atoms. The van der Waals surface area contributed by atoms with Crippen LogP contribution in [0, 0.1) is 5.41 Å². The van der Waals surface area contributed by atoms with Gasteiger partial charge in [0.15, 0.2) is 0 Å². The lowest BCUT2D eigenvalue weighted by Crippen LogP contribution is -2.23. The molecule has 3 rings (SSSR count). The normalized spacial score (nSPS) is 17.8.